The van der Waals surface area contributed by atoms with Gasteiger partial charge in [-0.05, 0) is 18.1 Å². The number of nitrogens with zero attached hydrogens (tertiary/aromatic N) is 3. The van der Waals surface area contributed by atoms with E-state index < -0.39 is 0 Å². The van der Waals surface area contributed by atoms with E-state index in [9.17, 15) is 4.79 Å². The molecular weight excluding hydrogens is 278 g/mol. The van der Waals surface area contributed by atoms with Crippen LogP contribution < -0.4 is 5.32 Å². The van der Waals surface area contributed by atoms with Crippen LogP contribution in [-0.4, -0.2) is 25.7 Å². The van der Waals surface area contributed by atoms with Crippen molar-refractivity contribution in [3.63, 3.8) is 0 Å². The summed E-state index contributed by atoms with van der Waals surface area (Å²) in [6.45, 7) is 1.14. The van der Waals surface area contributed by atoms with E-state index >= 15 is 0 Å². The molecule has 3 aromatic rings. The molecule has 2 heterocycles. The van der Waals surface area contributed by atoms with Gasteiger partial charge in [-0.25, -0.2) is 0 Å². The molecule has 0 fully saturated rings. The highest BCUT2D eigenvalue weighted by atomic mass is 16.1. The number of amides is 1. The number of H-pyrrole nitrogens is 1. The average molecular weight is 295 g/mol. The number of hydrogen-bond acceptors (Lipinski definition) is 3. The highest BCUT2D eigenvalue weighted by Crippen LogP contribution is 2.04. The summed E-state index contributed by atoms with van der Waals surface area (Å²) in [5, 5.41) is 10.8. The van der Waals surface area contributed by atoms with Crippen molar-refractivity contribution in [3.05, 3.63) is 72.1 Å². The van der Waals surface area contributed by atoms with Crippen molar-refractivity contribution < 1.29 is 4.79 Å². The zero-order valence-electron chi connectivity index (χ0n) is 12.1. The third-order valence-electron chi connectivity index (χ3n) is 3.45. The minimum atomic E-state index is -0.126. The molecule has 1 aromatic carbocycles. The zero-order chi connectivity index (χ0) is 15.2. The summed E-state index contributed by atoms with van der Waals surface area (Å²) in [5.74, 6) is 0.624. The van der Waals surface area contributed by atoms with E-state index in [1.165, 1.54) is 5.56 Å². The topological polar surface area (TPSA) is 75.6 Å². The Balaban J connectivity index is 1.57. The van der Waals surface area contributed by atoms with Crippen LogP contribution in [0.2, 0.25) is 0 Å². The molecule has 0 atom stereocenters. The summed E-state index contributed by atoms with van der Waals surface area (Å²) < 4.78 is 1.96. The van der Waals surface area contributed by atoms with Gasteiger partial charge in [-0.2, -0.15) is 0 Å². The van der Waals surface area contributed by atoms with Gasteiger partial charge in [0.25, 0.3) is 5.91 Å². The van der Waals surface area contributed by atoms with Gasteiger partial charge in [-0.1, -0.05) is 30.3 Å². The van der Waals surface area contributed by atoms with Crippen molar-refractivity contribution in [2.75, 3.05) is 0 Å². The summed E-state index contributed by atoms with van der Waals surface area (Å²) in [5.41, 5.74) is 1.87. The number of aromatic nitrogens is 4. The number of carbonyl (C=O) groups is 1. The van der Waals surface area contributed by atoms with Gasteiger partial charge in [-0.3, -0.25) is 4.79 Å². The molecule has 0 aliphatic rings. The first kappa shape index (κ1) is 14.1. The molecule has 0 spiro atoms. The average Bonchev–Trinajstić information content (AvgIpc) is 3.23. The Bertz CT molecular complexity index is 718. The van der Waals surface area contributed by atoms with Crippen LogP contribution in [0.3, 0.4) is 0 Å². The molecule has 1 amide bonds. The van der Waals surface area contributed by atoms with Gasteiger partial charge in [0.05, 0.1) is 12.1 Å². The molecule has 3 rings (SSSR count). The summed E-state index contributed by atoms with van der Waals surface area (Å²) >= 11 is 0. The number of hydrogen-bond donors (Lipinski definition) is 2. The Labute approximate surface area is 128 Å². The fourth-order valence-electron chi connectivity index (χ4n) is 2.22. The molecule has 0 unspecified atom stereocenters. The lowest BCUT2D eigenvalue weighted by Crippen LogP contribution is -2.24. The fraction of sp³-hybridized carbons (Fsp3) is 0.188. The molecule has 2 N–H and O–H groups in total. The second-order valence-corrected chi connectivity index (χ2v) is 4.96. The summed E-state index contributed by atoms with van der Waals surface area (Å²) in [7, 11) is 0. The van der Waals surface area contributed by atoms with E-state index in [-0.39, 0.29) is 5.91 Å². The minimum Gasteiger partial charge on any atom is -0.367 e. The Morgan fingerprint density at radius 1 is 1.23 bits per heavy atom. The predicted molar refractivity (Wildman–Crippen MR) is 82.1 cm³/mol. The Morgan fingerprint density at radius 2 is 2.09 bits per heavy atom. The van der Waals surface area contributed by atoms with E-state index in [1.807, 2.05) is 22.8 Å². The van der Waals surface area contributed by atoms with Crippen LogP contribution in [0.5, 0.6) is 0 Å². The van der Waals surface area contributed by atoms with E-state index in [4.69, 9.17) is 0 Å². The fourth-order valence-corrected chi connectivity index (χ4v) is 2.22. The number of carbonyl (C=O) groups excluding carboxylic acids is 1. The van der Waals surface area contributed by atoms with Gasteiger partial charge < -0.3 is 14.9 Å². The number of aromatic amines is 1. The predicted octanol–water partition coefficient (Wildman–Crippen LogP) is 1.78. The summed E-state index contributed by atoms with van der Waals surface area (Å²) in [6, 6.07) is 12.0. The van der Waals surface area contributed by atoms with Crippen molar-refractivity contribution in [1.82, 2.24) is 25.1 Å². The maximum atomic E-state index is 11.9. The minimum absolute atomic E-state index is 0.126. The van der Waals surface area contributed by atoms with Crippen LogP contribution in [0.25, 0.3) is 0 Å². The second-order valence-electron chi connectivity index (χ2n) is 4.96. The third kappa shape index (κ3) is 3.41. The largest absolute Gasteiger partial charge is 0.367 e. The smallest absolute Gasteiger partial charge is 0.253 e. The van der Waals surface area contributed by atoms with Crippen LogP contribution in [-0.2, 0) is 19.5 Å². The molecular formula is C16H17N5O. The molecule has 0 saturated heterocycles. The van der Waals surface area contributed by atoms with Crippen LogP contribution in [0.15, 0.2) is 55.1 Å². The lowest BCUT2D eigenvalue weighted by Gasteiger charge is -2.07. The molecule has 0 aliphatic carbocycles. The van der Waals surface area contributed by atoms with Crippen molar-refractivity contribution in [3.8, 4) is 0 Å². The van der Waals surface area contributed by atoms with E-state index in [1.54, 1.807) is 24.8 Å². The lowest BCUT2D eigenvalue weighted by atomic mass is 10.1. The number of aryl methyl sites for hydroxylation is 2. The highest BCUT2D eigenvalue weighted by Gasteiger charge is 2.09. The first-order valence-electron chi connectivity index (χ1n) is 7.14. The number of benzene rings is 1. The molecule has 0 radical (unpaired) electrons. The number of nitrogens with one attached hydrogen (secondary N) is 2. The molecule has 0 bridgehead atoms. The summed E-state index contributed by atoms with van der Waals surface area (Å²) in [4.78, 5) is 14.8. The molecule has 6 heteroatoms. The van der Waals surface area contributed by atoms with E-state index in [2.05, 4.69) is 32.6 Å². The van der Waals surface area contributed by atoms with Crippen LogP contribution in [0.4, 0.5) is 0 Å². The van der Waals surface area contributed by atoms with Crippen molar-refractivity contribution >= 4 is 5.91 Å². The normalized spacial score (nSPS) is 10.5. The first-order valence-corrected chi connectivity index (χ1v) is 7.14. The molecule has 22 heavy (non-hydrogen) atoms. The Hall–Kier alpha value is -2.89. The van der Waals surface area contributed by atoms with Gasteiger partial charge in [0.1, 0.15) is 6.33 Å². The van der Waals surface area contributed by atoms with Gasteiger partial charge in [0.2, 0.25) is 0 Å². The standard InChI is InChI=1S/C16H17N5O/c22-16(14-6-8-17-10-14)18-11-15-20-19-12-21(15)9-7-13-4-2-1-3-5-13/h1-6,8,10,12,17H,7,9,11H2,(H,18,22). The molecule has 0 aliphatic heterocycles. The molecule has 112 valence electrons. The SMILES string of the molecule is O=C(NCc1nncn1CCc1ccccc1)c1cc[nH]c1. The van der Waals surface area contributed by atoms with Crippen LogP contribution >= 0.6 is 0 Å². The van der Waals surface area contributed by atoms with Gasteiger partial charge in [-0.15, -0.1) is 10.2 Å². The van der Waals surface area contributed by atoms with Crippen LogP contribution in [0.1, 0.15) is 21.7 Å². The van der Waals surface area contributed by atoms with Gasteiger partial charge in [0, 0.05) is 18.9 Å². The monoisotopic (exact) mass is 295 g/mol. The maximum absolute atomic E-state index is 11.9. The molecule has 2 aromatic heterocycles. The lowest BCUT2D eigenvalue weighted by molar-refractivity contribution is 0.0949. The van der Waals surface area contributed by atoms with Crippen molar-refractivity contribution in [1.29, 1.82) is 0 Å². The third-order valence-corrected chi connectivity index (χ3v) is 3.45. The Kier molecular flexibility index (Phi) is 4.29. The van der Waals surface area contributed by atoms with E-state index in [0.717, 1.165) is 18.8 Å². The zero-order valence-corrected chi connectivity index (χ0v) is 12.1. The molecule has 6 nitrogen and oxygen atoms in total. The quantitative estimate of drug-likeness (QED) is 0.728. The van der Waals surface area contributed by atoms with Crippen LogP contribution in [0, 0.1) is 0 Å². The molecule has 0 saturated carbocycles. The van der Waals surface area contributed by atoms with Crippen molar-refractivity contribution in [2.24, 2.45) is 0 Å². The highest BCUT2D eigenvalue weighted by molar-refractivity contribution is 5.93. The second kappa shape index (κ2) is 6.71. The summed E-state index contributed by atoms with van der Waals surface area (Å²) in [6.07, 6.45) is 5.98. The van der Waals surface area contributed by atoms with Crippen molar-refractivity contribution in [2.45, 2.75) is 19.5 Å². The maximum Gasteiger partial charge on any atom is 0.253 e. The van der Waals surface area contributed by atoms with E-state index in [0.29, 0.717) is 12.1 Å². The number of rotatable bonds is 6. The van der Waals surface area contributed by atoms with Gasteiger partial charge >= 0.3 is 0 Å². The van der Waals surface area contributed by atoms with Gasteiger partial charge in [0.15, 0.2) is 5.82 Å². The Morgan fingerprint density at radius 3 is 2.86 bits per heavy atom. The first-order chi connectivity index (χ1) is 10.8.